The standard InChI is InChI=1S/C16H13F3O2/c1-9-6-12(7-10(2)14(9)15(20)21)11-4-3-5-13(8-11)16(17,18)19/h3-8H,1-2H3,(H,20,21). The molecule has 5 heteroatoms. The summed E-state index contributed by atoms with van der Waals surface area (Å²) in [4.78, 5) is 11.1. The van der Waals surface area contributed by atoms with Crippen LogP contribution in [0.3, 0.4) is 0 Å². The molecule has 2 rings (SSSR count). The van der Waals surface area contributed by atoms with Crippen molar-refractivity contribution in [2.45, 2.75) is 20.0 Å². The number of halogens is 3. The minimum atomic E-state index is -4.40. The van der Waals surface area contributed by atoms with Crippen LogP contribution in [0.15, 0.2) is 36.4 Å². The molecule has 0 unspecified atom stereocenters. The van der Waals surface area contributed by atoms with E-state index in [4.69, 9.17) is 5.11 Å². The fraction of sp³-hybridized carbons (Fsp3) is 0.188. The molecule has 2 aromatic rings. The third-order valence-corrected chi connectivity index (χ3v) is 3.27. The van der Waals surface area contributed by atoms with Crippen molar-refractivity contribution in [3.05, 3.63) is 58.7 Å². The summed E-state index contributed by atoms with van der Waals surface area (Å²) >= 11 is 0. The zero-order valence-corrected chi connectivity index (χ0v) is 11.5. The van der Waals surface area contributed by atoms with E-state index in [1.54, 1.807) is 32.0 Å². The van der Waals surface area contributed by atoms with Gasteiger partial charge in [-0.2, -0.15) is 13.2 Å². The Morgan fingerprint density at radius 1 is 1.00 bits per heavy atom. The van der Waals surface area contributed by atoms with Gasteiger partial charge < -0.3 is 5.11 Å². The molecule has 0 saturated carbocycles. The van der Waals surface area contributed by atoms with Gasteiger partial charge in [-0.05, 0) is 48.2 Å². The van der Waals surface area contributed by atoms with E-state index in [1.165, 1.54) is 6.07 Å². The zero-order valence-electron chi connectivity index (χ0n) is 11.5. The third kappa shape index (κ3) is 3.07. The lowest BCUT2D eigenvalue weighted by Gasteiger charge is -2.12. The van der Waals surface area contributed by atoms with Gasteiger partial charge in [-0.25, -0.2) is 4.79 Å². The van der Waals surface area contributed by atoms with Crippen LogP contribution in [0, 0.1) is 13.8 Å². The maximum Gasteiger partial charge on any atom is 0.416 e. The van der Waals surface area contributed by atoms with Crippen molar-refractivity contribution >= 4 is 5.97 Å². The smallest absolute Gasteiger partial charge is 0.416 e. The second kappa shape index (κ2) is 5.24. The Labute approximate surface area is 119 Å². The molecule has 0 saturated heterocycles. The average molecular weight is 294 g/mol. The van der Waals surface area contributed by atoms with Gasteiger partial charge in [-0.1, -0.05) is 24.3 Å². The van der Waals surface area contributed by atoms with Crippen LogP contribution in [0.4, 0.5) is 13.2 Å². The molecule has 110 valence electrons. The minimum absolute atomic E-state index is 0.186. The van der Waals surface area contributed by atoms with Crippen molar-refractivity contribution < 1.29 is 23.1 Å². The van der Waals surface area contributed by atoms with Gasteiger partial charge in [-0.3, -0.25) is 0 Å². The van der Waals surface area contributed by atoms with Crippen LogP contribution in [0.2, 0.25) is 0 Å². The van der Waals surface area contributed by atoms with Gasteiger partial charge in [0.1, 0.15) is 0 Å². The molecule has 0 atom stereocenters. The topological polar surface area (TPSA) is 37.3 Å². The van der Waals surface area contributed by atoms with E-state index >= 15 is 0 Å². The summed E-state index contributed by atoms with van der Waals surface area (Å²) in [5.41, 5.74) is 1.49. The number of aryl methyl sites for hydroxylation is 2. The number of alkyl halides is 3. The SMILES string of the molecule is Cc1cc(-c2cccc(C(F)(F)F)c2)cc(C)c1C(=O)O. The lowest BCUT2D eigenvalue weighted by molar-refractivity contribution is -0.137. The number of rotatable bonds is 2. The van der Waals surface area contributed by atoms with E-state index < -0.39 is 17.7 Å². The molecule has 2 aromatic carbocycles. The molecular weight excluding hydrogens is 281 g/mol. The molecular formula is C16H13F3O2. The summed E-state index contributed by atoms with van der Waals surface area (Å²) in [5, 5.41) is 9.11. The summed E-state index contributed by atoms with van der Waals surface area (Å²) in [5.74, 6) is -1.04. The Kier molecular flexibility index (Phi) is 3.77. The third-order valence-electron chi connectivity index (χ3n) is 3.27. The Hall–Kier alpha value is -2.30. The highest BCUT2D eigenvalue weighted by Gasteiger charge is 2.30. The predicted molar refractivity (Wildman–Crippen MR) is 73.3 cm³/mol. The first-order valence-corrected chi connectivity index (χ1v) is 6.22. The number of carboxylic acid groups (broad SMARTS) is 1. The van der Waals surface area contributed by atoms with Gasteiger partial charge in [0.15, 0.2) is 0 Å². The first-order valence-electron chi connectivity index (χ1n) is 6.22. The summed E-state index contributed by atoms with van der Waals surface area (Å²) in [6, 6.07) is 8.17. The van der Waals surface area contributed by atoms with E-state index in [-0.39, 0.29) is 5.56 Å². The van der Waals surface area contributed by atoms with Crippen molar-refractivity contribution in [2.75, 3.05) is 0 Å². The van der Waals surface area contributed by atoms with Gasteiger partial charge in [0.2, 0.25) is 0 Å². The predicted octanol–water partition coefficient (Wildman–Crippen LogP) is 4.69. The Bertz CT molecular complexity index is 680. The number of carboxylic acids is 1. The lowest BCUT2D eigenvalue weighted by atomic mass is 9.95. The first kappa shape index (κ1) is 15.1. The molecule has 2 nitrogen and oxygen atoms in total. The second-order valence-electron chi connectivity index (χ2n) is 4.87. The van der Waals surface area contributed by atoms with Crippen LogP contribution in [-0.4, -0.2) is 11.1 Å². The summed E-state index contributed by atoms with van der Waals surface area (Å²) in [6.07, 6.45) is -4.40. The first-order chi connectivity index (χ1) is 9.70. The number of carbonyl (C=O) groups is 1. The maximum atomic E-state index is 12.7. The van der Waals surface area contributed by atoms with Gasteiger partial charge in [0.05, 0.1) is 11.1 Å². The molecule has 0 fully saturated rings. The van der Waals surface area contributed by atoms with Gasteiger partial charge in [-0.15, -0.1) is 0 Å². The van der Waals surface area contributed by atoms with E-state index in [0.29, 0.717) is 22.3 Å². The van der Waals surface area contributed by atoms with Crippen LogP contribution in [0.1, 0.15) is 27.0 Å². The normalized spacial score (nSPS) is 11.5. The summed E-state index contributed by atoms with van der Waals surface area (Å²) in [7, 11) is 0. The number of hydrogen-bond acceptors (Lipinski definition) is 1. The fourth-order valence-corrected chi connectivity index (χ4v) is 2.34. The molecule has 0 bridgehead atoms. The van der Waals surface area contributed by atoms with Crippen molar-refractivity contribution in [2.24, 2.45) is 0 Å². The highest BCUT2D eigenvalue weighted by atomic mass is 19.4. The monoisotopic (exact) mass is 294 g/mol. The molecule has 0 radical (unpaired) electrons. The van der Waals surface area contributed by atoms with Gasteiger partial charge >= 0.3 is 12.1 Å². The summed E-state index contributed by atoms with van der Waals surface area (Å²) < 4.78 is 38.2. The van der Waals surface area contributed by atoms with Crippen molar-refractivity contribution in [1.82, 2.24) is 0 Å². The van der Waals surface area contributed by atoms with Crippen LogP contribution >= 0.6 is 0 Å². The molecule has 1 N–H and O–H groups in total. The summed E-state index contributed by atoms with van der Waals surface area (Å²) in [6.45, 7) is 3.27. The van der Waals surface area contributed by atoms with Crippen molar-refractivity contribution in [3.63, 3.8) is 0 Å². The molecule has 0 spiro atoms. The second-order valence-corrected chi connectivity index (χ2v) is 4.87. The molecule has 0 amide bonds. The van der Waals surface area contributed by atoms with E-state index in [0.717, 1.165) is 12.1 Å². The largest absolute Gasteiger partial charge is 0.478 e. The van der Waals surface area contributed by atoms with Gasteiger partial charge in [0, 0.05) is 0 Å². The molecule has 0 aliphatic rings. The highest BCUT2D eigenvalue weighted by molar-refractivity contribution is 5.92. The number of aromatic carboxylic acids is 1. The van der Waals surface area contributed by atoms with Crippen LogP contribution in [0.5, 0.6) is 0 Å². The Morgan fingerprint density at radius 3 is 2.05 bits per heavy atom. The van der Waals surface area contributed by atoms with Crippen LogP contribution in [-0.2, 0) is 6.18 Å². The van der Waals surface area contributed by atoms with Crippen molar-refractivity contribution in [1.29, 1.82) is 0 Å². The quantitative estimate of drug-likeness (QED) is 0.872. The maximum absolute atomic E-state index is 12.7. The van der Waals surface area contributed by atoms with Crippen LogP contribution < -0.4 is 0 Å². The van der Waals surface area contributed by atoms with Crippen LogP contribution in [0.25, 0.3) is 11.1 Å². The zero-order chi connectivity index (χ0) is 15.8. The number of hydrogen-bond donors (Lipinski definition) is 1. The Morgan fingerprint density at radius 2 is 1.57 bits per heavy atom. The van der Waals surface area contributed by atoms with E-state index in [1.807, 2.05) is 0 Å². The van der Waals surface area contributed by atoms with E-state index in [9.17, 15) is 18.0 Å². The molecule has 0 aliphatic carbocycles. The molecule has 0 aromatic heterocycles. The van der Waals surface area contributed by atoms with Crippen molar-refractivity contribution in [3.8, 4) is 11.1 Å². The molecule has 0 heterocycles. The highest BCUT2D eigenvalue weighted by Crippen LogP contribution is 2.33. The van der Waals surface area contributed by atoms with E-state index in [2.05, 4.69) is 0 Å². The minimum Gasteiger partial charge on any atom is -0.478 e. The lowest BCUT2D eigenvalue weighted by Crippen LogP contribution is -2.05. The average Bonchev–Trinajstić information content (AvgIpc) is 2.36. The number of benzene rings is 2. The molecule has 21 heavy (non-hydrogen) atoms. The fourth-order valence-electron chi connectivity index (χ4n) is 2.34. The molecule has 0 aliphatic heterocycles. The van der Waals surface area contributed by atoms with Gasteiger partial charge in [0.25, 0.3) is 0 Å². The Balaban J connectivity index is 2.56.